The first-order chi connectivity index (χ1) is 8.68. The highest BCUT2D eigenvalue weighted by atomic mass is 16.5. The van der Waals surface area contributed by atoms with Gasteiger partial charge in [-0.3, -0.25) is 4.79 Å². The number of amides is 1. The van der Waals surface area contributed by atoms with Crippen molar-refractivity contribution in [3.8, 4) is 0 Å². The average Bonchev–Trinajstić information content (AvgIpc) is 2.29. The number of carbonyl (C=O) groups is 3. The van der Waals surface area contributed by atoms with E-state index in [4.69, 9.17) is 4.74 Å². The summed E-state index contributed by atoms with van der Waals surface area (Å²) in [5, 5.41) is 2.60. The Morgan fingerprint density at radius 1 is 1.21 bits per heavy atom. The second-order valence-electron chi connectivity index (χ2n) is 5.70. The van der Waals surface area contributed by atoms with Crippen LogP contribution in [0.4, 0.5) is 4.79 Å². The summed E-state index contributed by atoms with van der Waals surface area (Å²) in [6.07, 6.45) is 0.659. The maximum atomic E-state index is 11.8. The van der Waals surface area contributed by atoms with Gasteiger partial charge in [0.25, 0.3) is 0 Å². The van der Waals surface area contributed by atoms with Gasteiger partial charge in [0, 0.05) is 12.8 Å². The van der Waals surface area contributed by atoms with E-state index in [9.17, 15) is 14.4 Å². The van der Waals surface area contributed by atoms with Crippen LogP contribution in [0.25, 0.3) is 0 Å². The SMILES string of the molecule is CCC(=O)C(NC(=O)OCCCC(C)=O)C(C)(C)C. The zero-order valence-electron chi connectivity index (χ0n) is 12.5. The zero-order chi connectivity index (χ0) is 15.1. The fourth-order valence-electron chi connectivity index (χ4n) is 1.63. The minimum Gasteiger partial charge on any atom is -0.450 e. The summed E-state index contributed by atoms with van der Waals surface area (Å²) in [6, 6.07) is -0.558. The Hall–Kier alpha value is -1.39. The van der Waals surface area contributed by atoms with Crippen LogP contribution in [0.3, 0.4) is 0 Å². The van der Waals surface area contributed by atoms with E-state index in [2.05, 4.69) is 5.32 Å². The highest BCUT2D eigenvalue weighted by Crippen LogP contribution is 2.21. The fourth-order valence-corrected chi connectivity index (χ4v) is 1.63. The first kappa shape index (κ1) is 17.6. The summed E-state index contributed by atoms with van der Waals surface area (Å²) in [7, 11) is 0. The summed E-state index contributed by atoms with van der Waals surface area (Å²) in [5.74, 6) is 0.0472. The highest BCUT2D eigenvalue weighted by molar-refractivity contribution is 5.87. The molecule has 0 aliphatic rings. The van der Waals surface area contributed by atoms with Gasteiger partial charge in [-0.2, -0.15) is 0 Å². The maximum absolute atomic E-state index is 11.8. The monoisotopic (exact) mass is 271 g/mol. The second kappa shape index (κ2) is 7.92. The number of carbonyl (C=O) groups excluding carboxylic acids is 3. The molecule has 5 heteroatoms. The topological polar surface area (TPSA) is 72.5 Å². The van der Waals surface area contributed by atoms with Crippen LogP contribution in [0.5, 0.6) is 0 Å². The van der Waals surface area contributed by atoms with E-state index >= 15 is 0 Å². The molecule has 0 heterocycles. The van der Waals surface area contributed by atoms with Gasteiger partial charge in [-0.25, -0.2) is 4.79 Å². The quantitative estimate of drug-likeness (QED) is 0.722. The molecule has 110 valence electrons. The first-order valence-electron chi connectivity index (χ1n) is 6.64. The molecule has 0 aliphatic carbocycles. The number of rotatable bonds is 7. The first-order valence-corrected chi connectivity index (χ1v) is 6.64. The predicted molar refractivity (Wildman–Crippen MR) is 72.9 cm³/mol. The van der Waals surface area contributed by atoms with Gasteiger partial charge in [0.2, 0.25) is 0 Å². The molecule has 1 atom stereocenters. The van der Waals surface area contributed by atoms with Gasteiger partial charge in [0.15, 0.2) is 5.78 Å². The molecule has 1 amide bonds. The lowest BCUT2D eigenvalue weighted by atomic mass is 9.83. The molecule has 0 aliphatic heterocycles. The highest BCUT2D eigenvalue weighted by Gasteiger charge is 2.31. The molecule has 0 fully saturated rings. The van der Waals surface area contributed by atoms with Crippen molar-refractivity contribution >= 4 is 17.7 Å². The van der Waals surface area contributed by atoms with Gasteiger partial charge < -0.3 is 14.8 Å². The van der Waals surface area contributed by atoms with E-state index in [1.807, 2.05) is 20.8 Å². The van der Waals surface area contributed by atoms with E-state index < -0.39 is 12.1 Å². The summed E-state index contributed by atoms with van der Waals surface area (Å²) in [5.41, 5.74) is -0.356. The van der Waals surface area contributed by atoms with Gasteiger partial charge in [-0.1, -0.05) is 27.7 Å². The number of nitrogens with one attached hydrogen (secondary N) is 1. The smallest absolute Gasteiger partial charge is 0.407 e. The number of hydrogen-bond donors (Lipinski definition) is 1. The van der Waals surface area contributed by atoms with Crippen molar-refractivity contribution in [2.24, 2.45) is 5.41 Å². The number of ether oxygens (including phenoxy) is 1. The van der Waals surface area contributed by atoms with Crippen LogP contribution in [0, 0.1) is 5.41 Å². The molecular weight excluding hydrogens is 246 g/mol. The molecule has 0 radical (unpaired) electrons. The van der Waals surface area contributed by atoms with Crippen LogP contribution in [-0.4, -0.2) is 30.3 Å². The number of Topliss-reactive ketones (excluding diaryl/α,β-unsaturated/α-hetero) is 2. The molecule has 1 unspecified atom stereocenters. The third kappa shape index (κ3) is 7.59. The van der Waals surface area contributed by atoms with Crippen LogP contribution in [0.1, 0.15) is 53.9 Å². The van der Waals surface area contributed by atoms with Crippen molar-refractivity contribution in [3.63, 3.8) is 0 Å². The standard InChI is InChI=1S/C14H25NO4/c1-6-11(17)12(14(3,4)5)15-13(18)19-9-7-8-10(2)16/h12H,6-9H2,1-5H3,(H,15,18). The van der Waals surface area contributed by atoms with Crippen molar-refractivity contribution in [2.75, 3.05) is 6.61 Å². The van der Waals surface area contributed by atoms with E-state index in [0.29, 0.717) is 19.3 Å². The molecule has 1 N–H and O–H groups in total. The van der Waals surface area contributed by atoms with Gasteiger partial charge >= 0.3 is 6.09 Å². The Morgan fingerprint density at radius 2 is 1.79 bits per heavy atom. The van der Waals surface area contributed by atoms with Gasteiger partial charge in [0.05, 0.1) is 12.6 Å². The minimum atomic E-state index is -0.606. The Bertz CT molecular complexity index is 331. The van der Waals surface area contributed by atoms with Crippen LogP contribution in [-0.2, 0) is 14.3 Å². The second-order valence-corrected chi connectivity index (χ2v) is 5.70. The van der Waals surface area contributed by atoms with Crippen molar-refractivity contribution in [1.29, 1.82) is 0 Å². The Labute approximate surface area is 115 Å². The minimum absolute atomic E-state index is 0.0202. The molecule has 0 aromatic heterocycles. The molecule has 0 rings (SSSR count). The summed E-state index contributed by atoms with van der Waals surface area (Å²) in [6.45, 7) is 9.11. The van der Waals surface area contributed by atoms with Gasteiger partial charge in [-0.15, -0.1) is 0 Å². The molecule has 0 saturated heterocycles. The third-order valence-corrected chi connectivity index (χ3v) is 2.70. The van der Waals surface area contributed by atoms with Crippen LogP contribution in [0.2, 0.25) is 0 Å². The maximum Gasteiger partial charge on any atom is 0.407 e. The van der Waals surface area contributed by atoms with Gasteiger partial charge in [0.1, 0.15) is 5.78 Å². The Kier molecular flexibility index (Phi) is 7.34. The molecule has 0 saturated carbocycles. The normalized spacial score (nSPS) is 12.7. The van der Waals surface area contributed by atoms with Crippen molar-refractivity contribution in [1.82, 2.24) is 5.32 Å². The van der Waals surface area contributed by atoms with E-state index in [1.165, 1.54) is 6.92 Å². The Morgan fingerprint density at radius 3 is 2.21 bits per heavy atom. The van der Waals surface area contributed by atoms with Crippen molar-refractivity contribution in [3.05, 3.63) is 0 Å². The lowest BCUT2D eigenvalue weighted by Crippen LogP contribution is -2.49. The van der Waals surface area contributed by atoms with E-state index in [0.717, 1.165) is 0 Å². The number of hydrogen-bond acceptors (Lipinski definition) is 4. The van der Waals surface area contributed by atoms with Crippen LogP contribution < -0.4 is 5.32 Å². The average molecular weight is 271 g/mol. The summed E-state index contributed by atoms with van der Waals surface area (Å²) >= 11 is 0. The molecule has 0 aromatic carbocycles. The molecule has 0 bridgehead atoms. The van der Waals surface area contributed by atoms with E-state index in [-0.39, 0.29) is 23.6 Å². The van der Waals surface area contributed by atoms with Crippen LogP contribution in [0.15, 0.2) is 0 Å². The Balaban J connectivity index is 4.26. The zero-order valence-corrected chi connectivity index (χ0v) is 12.5. The molecular formula is C14H25NO4. The molecule has 0 aromatic rings. The molecule has 19 heavy (non-hydrogen) atoms. The number of ketones is 2. The predicted octanol–water partition coefficient (Wildman–Crippen LogP) is 2.48. The fraction of sp³-hybridized carbons (Fsp3) is 0.786. The van der Waals surface area contributed by atoms with E-state index in [1.54, 1.807) is 6.92 Å². The van der Waals surface area contributed by atoms with Crippen LogP contribution >= 0.6 is 0 Å². The van der Waals surface area contributed by atoms with Gasteiger partial charge in [-0.05, 0) is 18.8 Å². The van der Waals surface area contributed by atoms with Crippen molar-refractivity contribution in [2.45, 2.75) is 59.9 Å². The summed E-state index contributed by atoms with van der Waals surface area (Å²) in [4.78, 5) is 34.1. The molecule has 5 nitrogen and oxygen atoms in total. The number of alkyl carbamates (subject to hydrolysis) is 1. The lowest BCUT2D eigenvalue weighted by molar-refractivity contribution is -0.123. The van der Waals surface area contributed by atoms with Crippen molar-refractivity contribution < 1.29 is 19.1 Å². The lowest BCUT2D eigenvalue weighted by Gasteiger charge is -2.29. The largest absolute Gasteiger partial charge is 0.450 e. The molecule has 0 spiro atoms. The third-order valence-electron chi connectivity index (χ3n) is 2.70. The summed E-state index contributed by atoms with van der Waals surface area (Å²) < 4.78 is 4.96.